The van der Waals surface area contributed by atoms with E-state index in [0.717, 1.165) is 31.5 Å². The van der Waals surface area contributed by atoms with Crippen LogP contribution < -0.4 is 5.32 Å². The van der Waals surface area contributed by atoms with Crippen LogP contribution in [0.2, 0.25) is 0 Å². The van der Waals surface area contributed by atoms with E-state index in [1.807, 2.05) is 51.1 Å². The zero-order chi connectivity index (χ0) is 22.3. The van der Waals surface area contributed by atoms with Crippen LogP contribution in [0, 0.1) is 0 Å². The first-order valence-corrected chi connectivity index (χ1v) is 11.3. The van der Waals surface area contributed by atoms with Crippen LogP contribution in [0.5, 0.6) is 0 Å². The van der Waals surface area contributed by atoms with E-state index in [2.05, 4.69) is 40.5 Å². The van der Waals surface area contributed by atoms with E-state index >= 15 is 0 Å². The van der Waals surface area contributed by atoms with Gasteiger partial charge in [0.2, 0.25) is 0 Å². The van der Waals surface area contributed by atoms with Crippen molar-refractivity contribution in [1.82, 2.24) is 10.2 Å². The summed E-state index contributed by atoms with van der Waals surface area (Å²) < 4.78 is 5.43. The van der Waals surface area contributed by atoms with Crippen LogP contribution in [0.3, 0.4) is 0 Å². The highest BCUT2D eigenvalue weighted by molar-refractivity contribution is 5.68. The number of carbonyl (C=O) groups is 1. The minimum Gasteiger partial charge on any atom is -0.444 e. The highest BCUT2D eigenvalue weighted by Gasteiger charge is 2.28. The van der Waals surface area contributed by atoms with Gasteiger partial charge in [-0.1, -0.05) is 60.7 Å². The first kappa shape index (κ1) is 23.3. The summed E-state index contributed by atoms with van der Waals surface area (Å²) in [7, 11) is 0. The fraction of sp³-hybridized carbons (Fsp3) is 0.500. The van der Waals surface area contributed by atoms with Gasteiger partial charge in [0.15, 0.2) is 0 Å². The number of piperidine rings is 1. The zero-order valence-corrected chi connectivity index (χ0v) is 19.0. The van der Waals surface area contributed by atoms with Crippen molar-refractivity contribution in [3.8, 4) is 0 Å². The molecule has 2 N–H and O–H groups in total. The highest BCUT2D eigenvalue weighted by Crippen LogP contribution is 2.28. The molecule has 5 heteroatoms. The lowest BCUT2D eigenvalue weighted by Gasteiger charge is -2.35. The number of benzene rings is 2. The Balaban J connectivity index is 1.58. The Morgan fingerprint density at radius 3 is 2.23 bits per heavy atom. The number of alkyl carbamates (subject to hydrolysis) is 1. The smallest absolute Gasteiger partial charge is 0.407 e. The molecule has 1 amide bonds. The van der Waals surface area contributed by atoms with Gasteiger partial charge in [0.1, 0.15) is 5.60 Å². The van der Waals surface area contributed by atoms with Gasteiger partial charge in [-0.05, 0) is 70.2 Å². The van der Waals surface area contributed by atoms with Crippen LogP contribution in [0.15, 0.2) is 60.7 Å². The van der Waals surface area contributed by atoms with Gasteiger partial charge in [-0.3, -0.25) is 0 Å². The molecule has 0 radical (unpaired) electrons. The number of carbonyl (C=O) groups excluding carboxylic acids is 1. The van der Waals surface area contributed by atoms with Crippen molar-refractivity contribution in [2.45, 2.75) is 63.7 Å². The summed E-state index contributed by atoms with van der Waals surface area (Å²) >= 11 is 0. The molecule has 1 aliphatic rings. The van der Waals surface area contributed by atoms with Gasteiger partial charge in [0.05, 0.1) is 12.1 Å². The topological polar surface area (TPSA) is 61.8 Å². The third-order valence-corrected chi connectivity index (χ3v) is 5.77. The number of hydrogen-bond acceptors (Lipinski definition) is 4. The van der Waals surface area contributed by atoms with Crippen molar-refractivity contribution in [2.75, 3.05) is 19.6 Å². The van der Waals surface area contributed by atoms with E-state index in [-0.39, 0.29) is 0 Å². The molecule has 168 valence electrons. The van der Waals surface area contributed by atoms with E-state index in [1.54, 1.807) is 0 Å². The average molecular weight is 425 g/mol. The van der Waals surface area contributed by atoms with E-state index < -0.39 is 23.8 Å². The van der Waals surface area contributed by atoms with Gasteiger partial charge < -0.3 is 20.1 Å². The molecule has 0 aromatic heterocycles. The van der Waals surface area contributed by atoms with Crippen molar-refractivity contribution in [1.29, 1.82) is 0 Å². The van der Waals surface area contributed by atoms with Crippen LogP contribution in [-0.4, -0.2) is 53.5 Å². The fourth-order valence-corrected chi connectivity index (χ4v) is 4.18. The van der Waals surface area contributed by atoms with Crippen LogP contribution in [0.4, 0.5) is 4.79 Å². The molecule has 2 aromatic rings. The van der Waals surface area contributed by atoms with Gasteiger partial charge in [-0.25, -0.2) is 4.79 Å². The number of likely N-dealkylation sites (tertiary alicyclic amines) is 1. The van der Waals surface area contributed by atoms with Crippen molar-refractivity contribution in [3.63, 3.8) is 0 Å². The van der Waals surface area contributed by atoms with Crippen LogP contribution in [-0.2, 0) is 11.2 Å². The standard InChI is InChI=1S/C26H36N2O3/c1-26(2,3)31-25(30)27-23(18-20-10-6-4-7-11-20)24(29)19-28-16-14-22(15-17-28)21-12-8-5-9-13-21/h4-13,22-24,29H,14-19H2,1-3H3,(H,27,30)/t23-,24+/m1/s1. The Hall–Kier alpha value is -2.37. The van der Waals surface area contributed by atoms with Gasteiger partial charge in [0.25, 0.3) is 0 Å². The minimum absolute atomic E-state index is 0.413. The Morgan fingerprint density at radius 2 is 1.65 bits per heavy atom. The Labute approximate surface area is 186 Å². The Kier molecular flexibility index (Phi) is 8.10. The summed E-state index contributed by atoms with van der Waals surface area (Å²) in [5.74, 6) is 0.578. The third kappa shape index (κ3) is 7.67. The number of aliphatic hydroxyl groups excluding tert-OH is 1. The van der Waals surface area contributed by atoms with Crippen LogP contribution in [0.1, 0.15) is 50.7 Å². The molecule has 3 rings (SSSR count). The maximum absolute atomic E-state index is 12.4. The number of aliphatic hydroxyl groups is 1. The summed E-state index contributed by atoms with van der Waals surface area (Å²) in [6.07, 6.45) is 1.55. The molecule has 1 saturated heterocycles. The molecule has 1 fully saturated rings. The number of rotatable bonds is 7. The molecule has 2 aromatic carbocycles. The molecule has 0 unspecified atom stereocenters. The molecular weight excluding hydrogens is 388 g/mol. The minimum atomic E-state index is -0.680. The number of hydrogen-bond donors (Lipinski definition) is 2. The molecule has 0 spiro atoms. The quantitative estimate of drug-likeness (QED) is 0.693. The second-order valence-corrected chi connectivity index (χ2v) is 9.50. The molecule has 31 heavy (non-hydrogen) atoms. The number of β-amino-alcohol motifs (C(OH)–C–C–N with tert-alkyl or cyclic N) is 1. The third-order valence-electron chi connectivity index (χ3n) is 5.77. The lowest BCUT2D eigenvalue weighted by molar-refractivity contribution is 0.0344. The molecule has 1 heterocycles. The van der Waals surface area contributed by atoms with E-state index in [9.17, 15) is 9.90 Å². The number of nitrogens with one attached hydrogen (secondary N) is 1. The van der Waals surface area contributed by atoms with Gasteiger partial charge >= 0.3 is 6.09 Å². The van der Waals surface area contributed by atoms with Crippen molar-refractivity contribution >= 4 is 6.09 Å². The summed E-state index contributed by atoms with van der Waals surface area (Å²) in [6, 6.07) is 20.2. The fourth-order valence-electron chi connectivity index (χ4n) is 4.18. The van der Waals surface area contributed by atoms with Gasteiger partial charge in [-0.15, -0.1) is 0 Å². The second kappa shape index (κ2) is 10.8. The number of ether oxygens (including phenoxy) is 1. The Morgan fingerprint density at radius 1 is 1.06 bits per heavy atom. The lowest BCUT2D eigenvalue weighted by atomic mass is 9.89. The molecule has 2 atom stereocenters. The molecule has 0 bridgehead atoms. The van der Waals surface area contributed by atoms with Crippen molar-refractivity contribution < 1.29 is 14.6 Å². The SMILES string of the molecule is CC(C)(C)OC(=O)N[C@H](Cc1ccccc1)[C@@H](O)CN1CCC(c2ccccc2)CC1. The number of amides is 1. The first-order valence-electron chi connectivity index (χ1n) is 11.3. The molecule has 1 aliphatic heterocycles. The first-order chi connectivity index (χ1) is 14.8. The summed E-state index contributed by atoms with van der Waals surface area (Å²) in [4.78, 5) is 14.7. The van der Waals surface area contributed by atoms with Crippen molar-refractivity contribution in [2.24, 2.45) is 0 Å². The summed E-state index contributed by atoms with van der Waals surface area (Å²) in [5, 5.41) is 13.9. The largest absolute Gasteiger partial charge is 0.444 e. The average Bonchev–Trinajstić information content (AvgIpc) is 2.74. The lowest BCUT2D eigenvalue weighted by Crippen LogP contribution is -2.51. The van der Waals surface area contributed by atoms with E-state index in [1.165, 1.54) is 5.56 Å². The second-order valence-electron chi connectivity index (χ2n) is 9.50. The van der Waals surface area contributed by atoms with E-state index in [4.69, 9.17) is 4.74 Å². The summed E-state index contributed by atoms with van der Waals surface area (Å²) in [6.45, 7) is 7.95. The monoisotopic (exact) mass is 424 g/mol. The van der Waals surface area contributed by atoms with Crippen LogP contribution in [0.25, 0.3) is 0 Å². The highest BCUT2D eigenvalue weighted by atomic mass is 16.6. The summed E-state index contributed by atoms with van der Waals surface area (Å²) in [5.41, 5.74) is 1.90. The van der Waals surface area contributed by atoms with Crippen LogP contribution >= 0.6 is 0 Å². The van der Waals surface area contributed by atoms with E-state index in [0.29, 0.717) is 18.9 Å². The van der Waals surface area contributed by atoms with Gasteiger partial charge in [-0.2, -0.15) is 0 Å². The Bertz CT molecular complexity index is 796. The predicted molar refractivity (Wildman–Crippen MR) is 124 cm³/mol. The van der Waals surface area contributed by atoms with Gasteiger partial charge in [0, 0.05) is 6.54 Å². The molecule has 0 saturated carbocycles. The zero-order valence-electron chi connectivity index (χ0n) is 19.0. The maximum Gasteiger partial charge on any atom is 0.407 e. The predicted octanol–water partition coefficient (Wildman–Crippen LogP) is 4.36. The molecule has 0 aliphatic carbocycles. The molecule has 5 nitrogen and oxygen atoms in total. The maximum atomic E-state index is 12.4. The number of nitrogens with zero attached hydrogens (tertiary/aromatic N) is 1. The van der Waals surface area contributed by atoms with Crippen molar-refractivity contribution in [3.05, 3.63) is 71.8 Å². The normalized spacial score (nSPS) is 17.7. The molecular formula is C26H36N2O3.